The number of rotatable bonds is 5. The van der Waals surface area contributed by atoms with Crippen molar-refractivity contribution < 1.29 is 13.9 Å². The van der Waals surface area contributed by atoms with Crippen LogP contribution in [-0.2, 0) is 13.9 Å². The van der Waals surface area contributed by atoms with Gasteiger partial charge in [0.25, 0.3) is 0 Å². The van der Waals surface area contributed by atoms with Crippen LogP contribution in [0.2, 0.25) is 0 Å². The third-order valence-corrected chi connectivity index (χ3v) is 1.45. The molecule has 0 bridgehead atoms. The lowest BCUT2D eigenvalue weighted by Crippen LogP contribution is -2.12. The SMILES string of the molecule is CCCCCC(=O)C(=O)OCl. The second-order valence-electron chi connectivity index (χ2n) is 2.24. The van der Waals surface area contributed by atoms with Gasteiger partial charge in [-0.1, -0.05) is 19.8 Å². The van der Waals surface area contributed by atoms with Crippen LogP contribution in [-0.4, -0.2) is 11.8 Å². The molecule has 0 heterocycles. The van der Waals surface area contributed by atoms with Crippen LogP contribution in [0.1, 0.15) is 32.6 Å². The number of carbonyl (C=O) groups excluding carboxylic acids is 2. The minimum atomic E-state index is -0.956. The first-order chi connectivity index (χ1) is 5.22. The number of unbranched alkanes of at least 4 members (excludes halogenated alkanes) is 2. The van der Waals surface area contributed by atoms with Gasteiger partial charge in [-0.25, -0.2) is 4.79 Å². The van der Waals surface area contributed by atoms with Crippen LogP contribution in [0.25, 0.3) is 0 Å². The number of hydrogen-bond donors (Lipinski definition) is 0. The smallest absolute Gasteiger partial charge is 0.341 e. The molecular formula is C7H11ClO3. The van der Waals surface area contributed by atoms with Crippen LogP contribution >= 0.6 is 11.9 Å². The molecule has 64 valence electrons. The zero-order chi connectivity index (χ0) is 8.69. The van der Waals surface area contributed by atoms with Gasteiger partial charge in [0.2, 0.25) is 5.78 Å². The van der Waals surface area contributed by atoms with Crippen LogP contribution in [0.15, 0.2) is 0 Å². The van der Waals surface area contributed by atoms with Crippen molar-refractivity contribution >= 4 is 23.6 Å². The first kappa shape index (κ1) is 10.4. The molecule has 0 aliphatic rings. The van der Waals surface area contributed by atoms with Crippen LogP contribution in [0.5, 0.6) is 0 Å². The van der Waals surface area contributed by atoms with E-state index in [9.17, 15) is 9.59 Å². The average Bonchev–Trinajstić information content (AvgIpc) is 2.03. The van der Waals surface area contributed by atoms with E-state index in [0.29, 0.717) is 0 Å². The Kier molecular flexibility index (Phi) is 5.84. The maximum atomic E-state index is 10.7. The van der Waals surface area contributed by atoms with Gasteiger partial charge in [0.05, 0.1) is 0 Å². The highest BCUT2D eigenvalue weighted by Gasteiger charge is 2.13. The predicted molar refractivity (Wildman–Crippen MR) is 41.1 cm³/mol. The normalized spacial score (nSPS) is 9.27. The van der Waals surface area contributed by atoms with E-state index in [2.05, 4.69) is 16.2 Å². The molecule has 0 saturated carbocycles. The second kappa shape index (κ2) is 6.16. The standard InChI is InChI=1S/C7H11ClO3/c1-2-3-4-5-6(9)7(10)11-8/h2-5H2,1H3. The Balaban J connectivity index is 3.44. The van der Waals surface area contributed by atoms with Gasteiger partial charge in [-0.15, -0.1) is 0 Å². The molecule has 3 nitrogen and oxygen atoms in total. The van der Waals surface area contributed by atoms with Gasteiger partial charge in [-0.05, 0) is 6.42 Å². The van der Waals surface area contributed by atoms with Crippen molar-refractivity contribution in [3.8, 4) is 0 Å². The van der Waals surface area contributed by atoms with E-state index in [0.717, 1.165) is 19.3 Å². The Bertz CT molecular complexity index is 145. The quantitative estimate of drug-likeness (QED) is 0.477. The topological polar surface area (TPSA) is 43.4 Å². The summed E-state index contributed by atoms with van der Waals surface area (Å²) in [6.45, 7) is 2.02. The summed E-state index contributed by atoms with van der Waals surface area (Å²) in [4.78, 5) is 21.1. The zero-order valence-electron chi connectivity index (χ0n) is 6.43. The van der Waals surface area contributed by atoms with Crippen LogP contribution in [0, 0.1) is 0 Å². The van der Waals surface area contributed by atoms with Crippen molar-refractivity contribution in [3.05, 3.63) is 0 Å². The van der Waals surface area contributed by atoms with Gasteiger partial charge in [-0.3, -0.25) is 4.79 Å². The Morgan fingerprint density at radius 2 is 2.00 bits per heavy atom. The molecule has 0 aliphatic carbocycles. The van der Waals surface area contributed by atoms with Crippen molar-refractivity contribution in [1.82, 2.24) is 0 Å². The van der Waals surface area contributed by atoms with Gasteiger partial charge in [0, 0.05) is 6.42 Å². The first-order valence-corrected chi connectivity index (χ1v) is 3.89. The van der Waals surface area contributed by atoms with E-state index >= 15 is 0 Å². The second-order valence-corrected chi connectivity index (χ2v) is 2.40. The molecule has 0 saturated heterocycles. The summed E-state index contributed by atoms with van der Waals surface area (Å²) in [6, 6.07) is 0. The van der Waals surface area contributed by atoms with E-state index in [1.807, 2.05) is 6.92 Å². The summed E-state index contributed by atoms with van der Waals surface area (Å²) in [5.41, 5.74) is 0. The minimum Gasteiger partial charge on any atom is -0.341 e. The van der Waals surface area contributed by atoms with Gasteiger partial charge >= 0.3 is 5.97 Å². The lowest BCUT2D eigenvalue weighted by molar-refractivity contribution is -0.146. The number of hydrogen-bond acceptors (Lipinski definition) is 3. The molecule has 0 amide bonds. The number of ketones is 1. The molecule has 0 N–H and O–H groups in total. The Labute approximate surface area is 70.8 Å². The van der Waals surface area contributed by atoms with Crippen molar-refractivity contribution in [2.45, 2.75) is 32.6 Å². The Morgan fingerprint density at radius 1 is 1.36 bits per heavy atom. The fourth-order valence-electron chi connectivity index (χ4n) is 0.681. The summed E-state index contributed by atoms with van der Waals surface area (Å²) in [5, 5.41) is 0. The molecule has 0 rings (SSSR count). The Morgan fingerprint density at radius 3 is 2.45 bits per heavy atom. The molecule has 4 heteroatoms. The van der Waals surface area contributed by atoms with E-state index < -0.39 is 11.8 Å². The lowest BCUT2D eigenvalue weighted by atomic mass is 10.1. The van der Waals surface area contributed by atoms with Gasteiger partial charge in [-0.2, -0.15) is 0 Å². The molecular weight excluding hydrogens is 168 g/mol. The molecule has 0 aromatic carbocycles. The summed E-state index contributed by atoms with van der Waals surface area (Å²) in [5.74, 6) is -1.50. The van der Waals surface area contributed by atoms with E-state index in [1.165, 1.54) is 0 Å². The fraction of sp³-hybridized carbons (Fsp3) is 0.714. The van der Waals surface area contributed by atoms with Crippen LogP contribution in [0.3, 0.4) is 0 Å². The van der Waals surface area contributed by atoms with Crippen molar-refractivity contribution in [2.24, 2.45) is 0 Å². The third-order valence-electron chi connectivity index (χ3n) is 1.31. The molecule has 0 radical (unpaired) electrons. The minimum absolute atomic E-state index is 0.236. The summed E-state index contributed by atoms with van der Waals surface area (Å²) < 4.78 is 3.73. The average molecular weight is 179 g/mol. The van der Waals surface area contributed by atoms with Gasteiger partial charge in [0.15, 0.2) is 0 Å². The molecule has 11 heavy (non-hydrogen) atoms. The van der Waals surface area contributed by atoms with Crippen LogP contribution < -0.4 is 0 Å². The van der Waals surface area contributed by atoms with E-state index in [1.54, 1.807) is 0 Å². The Hall–Kier alpha value is -0.570. The van der Waals surface area contributed by atoms with Gasteiger partial charge < -0.3 is 4.29 Å². The number of halogens is 1. The third kappa shape index (κ3) is 4.79. The molecule has 0 aromatic rings. The lowest BCUT2D eigenvalue weighted by Gasteiger charge is -1.94. The molecule has 0 spiro atoms. The predicted octanol–water partition coefficient (Wildman–Crippen LogP) is 1.83. The highest BCUT2D eigenvalue weighted by atomic mass is 35.5. The van der Waals surface area contributed by atoms with Crippen molar-refractivity contribution in [2.75, 3.05) is 0 Å². The highest BCUT2D eigenvalue weighted by molar-refractivity contribution is 6.38. The summed E-state index contributed by atoms with van der Waals surface area (Å²) in [7, 11) is 0. The molecule has 0 aliphatic heterocycles. The number of Topliss-reactive ketones (excluding diaryl/α,β-unsaturated/α-hetero) is 1. The number of carbonyl (C=O) groups is 2. The highest BCUT2D eigenvalue weighted by Crippen LogP contribution is 2.00. The monoisotopic (exact) mass is 178 g/mol. The van der Waals surface area contributed by atoms with E-state index in [4.69, 9.17) is 0 Å². The molecule has 0 fully saturated rings. The largest absolute Gasteiger partial charge is 0.392 e. The fourth-order valence-corrected chi connectivity index (χ4v) is 0.767. The molecule has 0 atom stereocenters. The molecule has 0 aromatic heterocycles. The van der Waals surface area contributed by atoms with E-state index in [-0.39, 0.29) is 6.42 Å². The van der Waals surface area contributed by atoms with Gasteiger partial charge in [0.1, 0.15) is 11.9 Å². The summed E-state index contributed by atoms with van der Waals surface area (Å²) >= 11 is 4.69. The summed E-state index contributed by atoms with van der Waals surface area (Å²) in [6.07, 6.45) is 2.92. The van der Waals surface area contributed by atoms with Crippen molar-refractivity contribution in [1.29, 1.82) is 0 Å². The molecule has 0 unspecified atom stereocenters. The van der Waals surface area contributed by atoms with Crippen molar-refractivity contribution in [3.63, 3.8) is 0 Å². The maximum Gasteiger partial charge on any atom is 0.392 e. The maximum absolute atomic E-state index is 10.7. The van der Waals surface area contributed by atoms with Crippen LogP contribution in [0.4, 0.5) is 0 Å². The zero-order valence-corrected chi connectivity index (χ0v) is 7.19. The first-order valence-electron chi connectivity index (χ1n) is 3.58.